The molecule has 0 amide bonds. The van der Waals surface area contributed by atoms with Crippen molar-refractivity contribution in [3.05, 3.63) is 39.6 Å². The van der Waals surface area contributed by atoms with Crippen LogP contribution in [0.1, 0.15) is 45.4 Å². The highest BCUT2D eigenvalue weighted by molar-refractivity contribution is 8.34. The quantitative estimate of drug-likeness (QED) is 0.607. The van der Waals surface area contributed by atoms with Gasteiger partial charge in [-0.05, 0) is 57.1 Å². The number of allylic oxidation sites excluding steroid dienone is 1. The molecule has 0 spiro atoms. The van der Waals surface area contributed by atoms with Crippen LogP contribution in [-0.4, -0.2) is 23.3 Å². The topological polar surface area (TPSA) is 12.0 Å². The first-order valence-electron chi connectivity index (χ1n) is 9.01. The van der Waals surface area contributed by atoms with Crippen LogP contribution in [0.3, 0.4) is 0 Å². The molecule has 4 rings (SSSR count). The summed E-state index contributed by atoms with van der Waals surface area (Å²) in [6, 6.07) is 8.95. The van der Waals surface area contributed by atoms with Gasteiger partial charge in [-0.2, -0.15) is 10.2 Å². The van der Waals surface area contributed by atoms with Crippen LogP contribution in [0.25, 0.3) is 10.1 Å². The monoisotopic (exact) mass is 391 g/mol. The Labute approximate surface area is 162 Å². The highest BCUT2D eigenvalue weighted by Crippen LogP contribution is 2.68. The minimum Gasteiger partial charge on any atom is -0.272 e. The van der Waals surface area contributed by atoms with Crippen LogP contribution in [0.15, 0.2) is 39.6 Å². The maximum absolute atomic E-state index is 3.97. The van der Waals surface area contributed by atoms with Gasteiger partial charge in [0.15, 0.2) is 0 Å². The molecule has 3 unspecified atom stereocenters. The van der Waals surface area contributed by atoms with E-state index in [0.29, 0.717) is 17.1 Å². The summed E-state index contributed by atoms with van der Waals surface area (Å²) >= 11 is 4.18. The number of fused-ring (bicyclic) bond motifs is 5. The second-order valence-corrected chi connectivity index (χ2v) is 14.4. The summed E-state index contributed by atoms with van der Waals surface area (Å²) < 4.78 is 5.43. The maximum Gasteiger partial charge on any atom is 0.0483 e. The van der Waals surface area contributed by atoms with E-state index in [1.165, 1.54) is 10.1 Å². The van der Waals surface area contributed by atoms with Gasteiger partial charge in [-0.25, -0.2) is 0 Å². The van der Waals surface area contributed by atoms with Crippen molar-refractivity contribution in [1.29, 1.82) is 0 Å². The normalized spacial score (nSPS) is 27.1. The van der Waals surface area contributed by atoms with Crippen LogP contribution in [0.4, 0.5) is 0 Å². The molecule has 1 aliphatic carbocycles. The van der Waals surface area contributed by atoms with Gasteiger partial charge in [-0.1, -0.05) is 30.7 Å². The molecule has 25 heavy (non-hydrogen) atoms. The number of hydrogen-bond donors (Lipinski definition) is 1. The van der Waals surface area contributed by atoms with Gasteiger partial charge < -0.3 is 0 Å². The van der Waals surface area contributed by atoms with Crippen molar-refractivity contribution < 1.29 is 0 Å². The van der Waals surface area contributed by atoms with E-state index in [9.17, 15) is 0 Å². The number of rotatable bonds is 2. The SMILES string of the molecule is CC1=C(S(C)(C)NC(C)(C)C)C2Sc3c(sc4ccccc34)C2C1C. The number of thioether (sulfide) groups is 1. The average Bonchev–Trinajstić information content (AvgIpc) is 3.06. The van der Waals surface area contributed by atoms with Crippen LogP contribution >= 0.6 is 33.3 Å². The van der Waals surface area contributed by atoms with Crippen LogP contribution in [0, 0.1) is 5.92 Å². The zero-order chi connectivity index (χ0) is 18.1. The largest absolute Gasteiger partial charge is 0.272 e. The molecule has 0 saturated carbocycles. The van der Waals surface area contributed by atoms with E-state index < -0.39 is 10.2 Å². The zero-order valence-electron chi connectivity index (χ0n) is 16.3. The molecule has 4 heteroatoms. The molecular weight excluding hydrogens is 362 g/mol. The van der Waals surface area contributed by atoms with Crippen LogP contribution in [-0.2, 0) is 0 Å². The Morgan fingerprint density at radius 3 is 2.48 bits per heavy atom. The Balaban J connectivity index is 1.77. The van der Waals surface area contributed by atoms with Gasteiger partial charge in [-0.3, -0.25) is 4.72 Å². The number of hydrogen-bond acceptors (Lipinski definition) is 3. The molecule has 1 nitrogen and oxygen atoms in total. The molecule has 2 aliphatic rings. The Hall–Kier alpha value is -0.420. The van der Waals surface area contributed by atoms with Gasteiger partial charge >= 0.3 is 0 Å². The molecule has 0 saturated heterocycles. The average molecular weight is 392 g/mol. The molecular formula is C21H29NS3. The summed E-state index contributed by atoms with van der Waals surface area (Å²) in [5.41, 5.74) is 1.79. The van der Waals surface area contributed by atoms with Gasteiger partial charge in [-0.15, -0.1) is 23.1 Å². The molecule has 1 aliphatic heterocycles. The van der Waals surface area contributed by atoms with E-state index in [4.69, 9.17) is 0 Å². The van der Waals surface area contributed by atoms with Crippen LogP contribution in [0.5, 0.6) is 0 Å². The lowest BCUT2D eigenvalue weighted by Crippen LogP contribution is -2.39. The van der Waals surface area contributed by atoms with Crippen molar-refractivity contribution in [2.75, 3.05) is 12.5 Å². The standard InChI is InChI=1S/C21H29NS3/c1-12-13(2)20(25(6,7)22-21(3,4)5)19-16(12)18-17(24-19)14-10-8-9-11-15(14)23-18/h8-12,16,19,22H,1-7H3. The van der Waals surface area contributed by atoms with E-state index in [2.05, 4.69) is 87.9 Å². The summed E-state index contributed by atoms with van der Waals surface area (Å²) in [6.07, 6.45) is 4.91. The van der Waals surface area contributed by atoms with E-state index in [1.54, 1.807) is 20.3 Å². The fourth-order valence-corrected chi connectivity index (χ4v) is 12.3. The van der Waals surface area contributed by atoms with E-state index >= 15 is 0 Å². The van der Waals surface area contributed by atoms with Gasteiger partial charge in [0.2, 0.25) is 0 Å². The van der Waals surface area contributed by atoms with E-state index in [-0.39, 0.29) is 5.54 Å². The van der Waals surface area contributed by atoms with Crippen molar-refractivity contribution in [3.8, 4) is 0 Å². The second-order valence-electron chi connectivity index (χ2n) is 8.87. The fourth-order valence-electron chi connectivity index (χ4n) is 4.66. The van der Waals surface area contributed by atoms with Crippen LogP contribution < -0.4 is 4.72 Å². The first-order valence-corrected chi connectivity index (χ1v) is 13.2. The summed E-state index contributed by atoms with van der Waals surface area (Å²) in [5.74, 6) is 1.32. The Morgan fingerprint density at radius 2 is 1.80 bits per heavy atom. The Bertz CT molecular complexity index is 869. The van der Waals surface area contributed by atoms with Gasteiger partial charge in [0.25, 0.3) is 0 Å². The molecule has 1 aromatic carbocycles. The molecule has 1 N–H and O–H groups in total. The van der Waals surface area contributed by atoms with Crippen molar-refractivity contribution in [2.24, 2.45) is 5.92 Å². The number of benzene rings is 1. The minimum atomic E-state index is -0.989. The first-order chi connectivity index (χ1) is 11.6. The maximum atomic E-state index is 3.97. The Morgan fingerprint density at radius 1 is 1.12 bits per heavy atom. The predicted molar refractivity (Wildman–Crippen MR) is 118 cm³/mol. The first kappa shape index (κ1) is 18.0. The van der Waals surface area contributed by atoms with Crippen molar-refractivity contribution in [2.45, 2.75) is 56.2 Å². The predicted octanol–water partition coefficient (Wildman–Crippen LogP) is 6.75. The molecule has 0 fully saturated rings. The van der Waals surface area contributed by atoms with Crippen molar-refractivity contribution in [1.82, 2.24) is 4.72 Å². The lowest BCUT2D eigenvalue weighted by atomic mass is 9.92. The van der Waals surface area contributed by atoms with Crippen LogP contribution in [0.2, 0.25) is 0 Å². The van der Waals surface area contributed by atoms with Gasteiger partial charge in [0, 0.05) is 36.6 Å². The highest BCUT2D eigenvalue weighted by Gasteiger charge is 2.50. The highest BCUT2D eigenvalue weighted by atomic mass is 32.3. The number of thiophene rings is 1. The fraction of sp³-hybridized carbons (Fsp3) is 0.524. The number of nitrogens with one attached hydrogen (secondary N) is 1. The van der Waals surface area contributed by atoms with Gasteiger partial charge in [0.05, 0.1) is 0 Å². The molecule has 0 radical (unpaired) electrons. The molecule has 1 aromatic heterocycles. The second kappa shape index (κ2) is 5.79. The molecule has 2 aromatic rings. The Kier molecular flexibility index (Phi) is 4.16. The van der Waals surface area contributed by atoms with Crippen molar-refractivity contribution >= 4 is 43.4 Å². The van der Waals surface area contributed by atoms with E-state index in [1.807, 2.05) is 11.3 Å². The summed E-state index contributed by atoms with van der Waals surface area (Å²) in [5, 5.41) is 2.10. The van der Waals surface area contributed by atoms with Crippen molar-refractivity contribution in [3.63, 3.8) is 0 Å². The third kappa shape index (κ3) is 2.80. The third-order valence-corrected chi connectivity index (χ3v) is 11.2. The minimum absolute atomic E-state index is 0.147. The third-order valence-electron chi connectivity index (χ3n) is 5.43. The zero-order valence-corrected chi connectivity index (χ0v) is 18.7. The lowest BCUT2D eigenvalue weighted by Gasteiger charge is -2.43. The van der Waals surface area contributed by atoms with E-state index in [0.717, 1.165) is 0 Å². The molecule has 0 bridgehead atoms. The molecule has 2 heterocycles. The van der Waals surface area contributed by atoms with Gasteiger partial charge in [0.1, 0.15) is 0 Å². The molecule has 136 valence electrons. The smallest absolute Gasteiger partial charge is 0.0483 e. The molecule has 3 atom stereocenters. The summed E-state index contributed by atoms with van der Waals surface area (Å²) in [6.45, 7) is 11.7. The summed E-state index contributed by atoms with van der Waals surface area (Å²) in [4.78, 5) is 4.93. The lowest BCUT2D eigenvalue weighted by molar-refractivity contribution is 0.531. The summed E-state index contributed by atoms with van der Waals surface area (Å²) in [7, 11) is -0.989.